The number of carbonyl (C=O) groups excluding carboxylic acids is 2. The summed E-state index contributed by atoms with van der Waals surface area (Å²) in [5.74, 6) is -1.48. The summed E-state index contributed by atoms with van der Waals surface area (Å²) >= 11 is 0. The summed E-state index contributed by atoms with van der Waals surface area (Å²) in [5, 5.41) is 9.64. The molecule has 0 fully saturated rings. The number of esters is 2. The third-order valence-corrected chi connectivity index (χ3v) is 11.4. The molecule has 0 aromatic carbocycles. The number of ether oxygens (including phenoxy) is 3. The van der Waals surface area contributed by atoms with Crippen LogP contribution < -0.4 is 0 Å². The van der Waals surface area contributed by atoms with Gasteiger partial charge in [-0.15, -0.1) is 0 Å². The van der Waals surface area contributed by atoms with Crippen LogP contribution in [0.2, 0.25) is 0 Å². The highest BCUT2D eigenvalue weighted by atomic mass is 16.6. The predicted octanol–water partition coefficient (Wildman–Crippen LogP) is 14.2. The topological polar surface area (TPSA) is 99.1 Å². The first-order valence-electron chi connectivity index (χ1n) is 25.1. The van der Waals surface area contributed by atoms with E-state index in [2.05, 4.69) is 44.2 Å². The number of nitrogens with zero attached hydrogens (tertiary/aromatic N) is 1. The maximum absolute atomic E-state index is 12.8. The van der Waals surface area contributed by atoms with Gasteiger partial charge in [-0.3, -0.25) is 9.59 Å². The summed E-state index contributed by atoms with van der Waals surface area (Å²) in [4.78, 5) is 37.1. The molecule has 1 N–H and O–H groups in total. The lowest BCUT2D eigenvalue weighted by atomic mass is 10.0. The van der Waals surface area contributed by atoms with Gasteiger partial charge in [0.15, 0.2) is 12.1 Å². The SMILES string of the molecule is CC/C=C/C=C/C=C/CCCCCCCC(=O)OCC(COCCC(C(=O)O)[N+](C)(C)C)OC(=O)CCCCCCCCCCCCCCCCCCCCCCCCC. The quantitative estimate of drug-likeness (QED) is 0.0282. The third-order valence-electron chi connectivity index (χ3n) is 11.4. The number of allylic oxidation sites excluding steroid dienone is 6. The van der Waals surface area contributed by atoms with Gasteiger partial charge in [0.25, 0.3) is 0 Å². The van der Waals surface area contributed by atoms with Crippen LogP contribution in [0.4, 0.5) is 0 Å². The zero-order valence-corrected chi connectivity index (χ0v) is 39.9. The van der Waals surface area contributed by atoms with Gasteiger partial charge in [0.1, 0.15) is 6.61 Å². The molecule has 0 saturated heterocycles. The molecule has 0 aromatic rings. The molecule has 60 heavy (non-hydrogen) atoms. The van der Waals surface area contributed by atoms with Gasteiger partial charge in [-0.1, -0.05) is 211 Å². The fourth-order valence-electron chi connectivity index (χ4n) is 7.51. The van der Waals surface area contributed by atoms with Crippen molar-refractivity contribution in [3.05, 3.63) is 36.5 Å². The third kappa shape index (κ3) is 40.9. The fraction of sp³-hybridized carbons (Fsp3) is 0.827. The van der Waals surface area contributed by atoms with Crippen molar-refractivity contribution in [1.82, 2.24) is 0 Å². The Kier molecular flexibility index (Phi) is 41.4. The Labute approximate surface area is 370 Å². The number of aliphatic carboxylic acids is 1. The summed E-state index contributed by atoms with van der Waals surface area (Å²) in [6.07, 6.45) is 50.6. The van der Waals surface area contributed by atoms with Gasteiger partial charge in [0, 0.05) is 19.3 Å². The van der Waals surface area contributed by atoms with Crippen LogP contribution in [0.15, 0.2) is 36.5 Å². The normalized spacial score (nSPS) is 13.2. The van der Waals surface area contributed by atoms with Crippen molar-refractivity contribution in [3.8, 4) is 0 Å². The average molecular weight is 847 g/mol. The summed E-state index contributed by atoms with van der Waals surface area (Å²) in [6, 6.07) is -0.616. The van der Waals surface area contributed by atoms with Crippen molar-refractivity contribution < 1.29 is 38.2 Å². The Morgan fingerprint density at radius 1 is 0.517 bits per heavy atom. The molecular formula is C52H96NO7+. The molecule has 0 spiro atoms. The molecule has 0 rings (SSSR count). The minimum absolute atomic E-state index is 0.0571. The highest BCUT2D eigenvalue weighted by molar-refractivity contribution is 5.72. The van der Waals surface area contributed by atoms with Crippen LogP contribution in [-0.2, 0) is 28.6 Å². The number of carbonyl (C=O) groups is 3. The Hall–Kier alpha value is -2.45. The van der Waals surface area contributed by atoms with E-state index in [9.17, 15) is 19.5 Å². The Balaban J connectivity index is 4.18. The number of rotatable bonds is 45. The molecule has 0 amide bonds. The first-order chi connectivity index (χ1) is 29.1. The van der Waals surface area contributed by atoms with Crippen LogP contribution in [0.1, 0.15) is 226 Å². The second-order valence-corrected chi connectivity index (χ2v) is 18.1. The Morgan fingerprint density at radius 2 is 0.933 bits per heavy atom. The molecule has 0 radical (unpaired) electrons. The molecule has 0 aromatic heterocycles. The summed E-state index contributed by atoms with van der Waals surface area (Å²) in [6.45, 7) is 4.61. The van der Waals surface area contributed by atoms with Crippen molar-refractivity contribution in [3.63, 3.8) is 0 Å². The summed E-state index contributed by atoms with van der Waals surface area (Å²) in [5.41, 5.74) is 0. The maximum Gasteiger partial charge on any atom is 0.362 e. The van der Waals surface area contributed by atoms with E-state index in [0.29, 0.717) is 19.3 Å². The zero-order valence-electron chi connectivity index (χ0n) is 39.9. The number of carboxylic acid groups (broad SMARTS) is 1. The number of likely N-dealkylation sites (N-methyl/N-ethyl adjacent to an activating group) is 1. The van der Waals surface area contributed by atoms with Crippen molar-refractivity contribution >= 4 is 17.9 Å². The van der Waals surface area contributed by atoms with Gasteiger partial charge in [0.2, 0.25) is 0 Å². The van der Waals surface area contributed by atoms with Crippen LogP contribution >= 0.6 is 0 Å². The number of hydrogen-bond acceptors (Lipinski definition) is 6. The number of unbranched alkanes of at least 4 members (excludes halogenated alkanes) is 27. The van der Waals surface area contributed by atoms with E-state index in [-0.39, 0.29) is 36.2 Å². The van der Waals surface area contributed by atoms with Crippen LogP contribution in [0.3, 0.4) is 0 Å². The maximum atomic E-state index is 12.8. The molecular weight excluding hydrogens is 751 g/mol. The summed E-state index contributed by atoms with van der Waals surface area (Å²) < 4.78 is 17.3. The van der Waals surface area contributed by atoms with Crippen molar-refractivity contribution in [2.45, 2.75) is 238 Å². The highest BCUT2D eigenvalue weighted by Crippen LogP contribution is 2.17. The molecule has 8 heteroatoms. The first-order valence-corrected chi connectivity index (χ1v) is 25.1. The molecule has 2 unspecified atom stereocenters. The van der Waals surface area contributed by atoms with Crippen LogP contribution in [0, 0.1) is 0 Å². The van der Waals surface area contributed by atoms with Crippen molar-refractivity contribution in [1.29, 1.82) is 0 Å². The Morgan fingerprint density at radius 3 is 1.37 bits per heavy atom. The molecule has 0 saturated carbocycles. The Bertz CT molecular complexity index is 1080. The van der Waals surface area contributed by atoms with E-state index in [1.165, 1.54) is 128 Å². The van der Waals surface area contributed by atoms with Gasteiger partial charge in [0.05, 0.1) is 34.4 Å². The van der Waals surface area contributed by atoms with Gasteiger partial charge >= 0.3 is 17.9 Å². The first kappa shape index (κ1) is 57.5. The molecule has 0 aliphatic carbocycles. The van der Waals surface area contributed by atoms with E-state index in [1.54, 1.807) is 0 Å². The van der Waals surface area contributed by atoms with Crippen LogP contribution in [-0.4, -0.2) is 80.6 Å². The van der Waals surface area contributed by atoms with E-state index >= 15 is 0 Å². The zero-order chi connectivity index (χ0) is 44.2. The molecule has 0 heterocycles. The monoisotopic (exact) mass is 847 g/mol. The number of hydrogen-bond donors (Lipinski definition) is 1. The molecule has 2 atom stereocenters. The van der Waals surface area contributed by atoms with Gasteiger partial charge in [-0.2, -0.15) is 0 Å². The molecule has 8 nitrogen and oxygen atoms in total. The lowest BCUT2D eigenvalue weighted by molar-refractivity contribution is -0.887. The van der Waals surface area contributed by atoms with E-state index in [4.69, 9.17) is 14.2 Å². The van der Waals surface area contributed by atoms with Gasteiger partial charge in [-0.05, 0) is 32.1 Å². The van der Waals surface area contributed by atoms with E-state index in [1.807, 2.05) is 27.2 Å². The second-order valence-electron chi connectivity index (χ2n) is 18.1. The fourth-order valence-corrected chi connectivity index (χ4v) is 7.51. The van der Waals surface area contributed by atoms with E-state index < -0.39 is 18.1 Å². The smallest absolute Gasteiger partial charge is 0.362 e. The second kappa shape index (κ2) is 43.2. The number of carboxylic acids is 1. The molecule has 0 bridgehead atoms. The largest absolute Gasteiger partial charge is 0.477 e. The standard InChI is InChI=1S/C52H95NO7/c1-6-8-10-12-14-16-18-20-21-22-23-24-25-26-27-28-29-31-33-35-37-39-41-43-51(55)60-48(46-58-45-44-49(52(56)57)53(3,4)5)47-59-50(54)42-40-38-36-34-32-30-19-17-15-13-11-9-7-2/h9,11,13,15,17,19,48-49H,6-8,10,12,14,16,18,20-47H2,1-5H3/p+1/b11-9+,15-13+,19-17+. The van der Waals surface area contributed by atoms with Crippen molar-refractivity contribution in [2.75, 3.05) is 41.0 Å². The lowest BCUT2D eigenvalue weighted by Gasteiger charge is -2.31. The predicted molar refractivity (Wildman–Crippen MR) is 252 cm³/mol. The van der Waals surface area contributed by atoms with E-state index in [0.717, 1.165) is 64.2 Å². The lowest BCUT2D eigenvalue weighted by Crippen LogP contribution is -2.50. The minimum Gasteiger partial charge on any atom is -0.477 e. The summed E-state index contributed by atoms with van der Waals surface area (Å²) in [7, 11) is 5.53. The minimum atomic E-state index is -0.876. The van der Waals surface area contributed by atoms with Gasteiger partial charge < -0.3 is 23.8 Å². The van der Waals surface area contributed by atoms with Gasteiger partial charge in [-0.25, -0.2) is 4.79 Å². The molecule has 350 valence electrons. The molecule has 0 aliphatic rings. The number of quaternary nitrogens is 1. The van der Waals surface area contributed by atoms with Crippen molar-refractivity contribution in [2.24, 2.45) is 0 Å². The highest BCUT2D eigenvalue weighted by Gasteiger charge is 2.31. The average Bonchev–Trinajstić information content (AvgIpc) is 3.21. The molecule has 0 aliphatic heterocycles. The van der Waals surface area contributed by atoms with Crippen LogP contribution in [0.25, 0.3) is 0 Å². The van der Waals surface area contributed by atoms with Crippen LogP contribution in [0.5, 0.6) is 0 Å².